The second kappa shape index (κ2) is 7.19. The molecular weight excluding hydrogens is 361 g/mol. The van der Waals surface area contributed by atoms with Crippen LogP contribution in [0.3, 0.4) is 0 Å². The molecule has 0 saturated heterocycles. The minimum atomic E-state index is -2.22. The zero-order valence-electron chi connectivity index (χ0n) is 13.8. The fourth-order valence-electron chi connectivity index (χ4n) is 2.13. The predicted molar refractivity (Wildman–Crippen MR) is 103 cm³/mol. The smallest absolute Gasteiger partial charge is 0.249 e. The van der Waals surface area contributed by atoms with Crippen LogP contribution in [-0.2, 0) is 10.0 Å². The zero-order chi connectivity index (χ0) is 19.7. The maximum Gasteiger partial charge on any atom is 0.249 e. The number of nitrogens with one attached hydrogen (secondary N) is 2. The van der Waals surface area contributed by atoms with Crippen molar-refractivity contribution in [2.75, 3.05) is 5.32 Å². The molecule has 0 fully saturated rings. The second-order valence-electron chi connectivity index (χ2n) is 5.70. The fraction of sp³-hybridized carbons (Fsp3) is 0.143. The third-order valence-electron chi connectivity index (χ3n) is 3.83. The van der Waals surface area contributed by atoms with Crippen LogP contribution in [0.25, 0.3) is 11.4 Å². The average Bonchev–Trinajstić information content (AvgIpc) is 3.11. The van der Waals surface area contributed by atoms with Crippen molar-refractivity contribution in [3.8, 4) is 11.4 Å². The van der Waals surface area contributed by atoms with Crippen molar-refractivity contribution in [2.45, 2.75) is 10.4 Å². The summed E-state index contributed by atoms with van der Waals surface area (Å²) >= 11 is 5.74. The average molecular weight is 369 g/mol. The van der Waals surface area contributed by atoms with Crippen LogP contribution < -0.4 is 5.32 Å². The summed E-state index contributed by atoms with van der Waals surface area (Å²) in [5.41, 5.74) is 0.828. The molecular formula is C14H8B4ClN7O. The highest BCUT2D eigenvalue weighted by Gasteiger charge is 2.42. The molecule has 0 bridgehead atoms. The lowest BCUT2D eigenvalue weighted by molar-refractivity contribution is -0.117. The van der Waals surface area contributed by atoms with E-state index in [0.717, 1.165) is 0 Å². The molecule has 27 heavy (non-hydrogen) atoms. The second-order valence-corrected chi connectivity index (χ2v) is 6.09. The van der Waals surface area contributed by atoms with E-state index in [-0.39, 0.29) is 16.7 Å². The third-order valence-corrected chi connectivity index (χ3v) is 4.06. The van der Waals surface area contributed by atoms with Crippen LogP contribution in [0, 0.1) is 0 Å². The Hall–Kier alpha value is -2.61. The summed E-state index contributed by atoms with van der Waals surface area (Å²) in [6.07, 6.45) is 4.24. The van der Waals surface area contributed by atoms with Gasteiger partial charge in [-0.05, 0) is 22.9 Å². The Morgan fingerprint density at radius 1 is 1.11 bits per heavy atom. The number of rotatable bonds is 5. The Morgan fingerprint density at radius 2 is 1.89 bits per heavy atom. The largest absolute Gasteiger partial charge is 0.294 e. The van der Waals surface area contributed by atoms with Gasteiger partial charge in [0.05, 0.1) is 43.8 Å². The maximum absolute atomic E-state index is 12.6. The van der Waals surface area contributed by atoms with Crippen molar-refractivity contribution in [3.63, 3.8) is 0 Å². The lowest BCUT2D eigenvalue weighted by Gasteiger charge is -2.42. The zero-order valence-corrected chi connectivity index (χ0v) is 14.6. The predicted octanol–water partition coefficient (Wildman–Crippen LogP) is -0.108. The fourth-order valence-corrected chi connectivity index (χ4v) is 2.24. The van der Waals surface area contributed by atoms with Gasteiger partial charge in [0, 0.05) is 11.8 Å². The molecule has 0 aromatic carbocycles. The Labute approximate surface area is 165 Å². The quantitative estimate of drug-likeness (QED) is 0.480. The number of carbonyl (C=O) groups excluding carboxylic acids is 1. The number of hydrogen-bond donors (Lipinski definition) is 2. The van der Waals surface area contributed by atoms with Gasteiger partial charge in [-0.1, -0.05) is 22.9 Å². The number of hydrogen-bond acceptors (Lipinski definition) is 6. The molecule has 8 radical (unpaired) electrons. The van der Waals surface area contributed by atoms with E-state index in [9.17, 15) is 4.79 Å². The monoisotopic (exact) mass is 369 g/mol. The summed E-state index contributed by atoms with van der Waals surface area (Å²) in [5, 5.41) is 12.3. The van der Waals surface area contributed by atoms with Gasteiger partial charge >= 0.3 is 0 Å². The van der Waals surface area contributed by atoms with Crippen LogP contribution in [0.1, 0.15) is 5.56 Å². The number of H-pyrrole nitrogens is 1. The van der Waals surface area contributed by atoms with Gasteiger partial charge in [-0.3, -0.25) is 15.2 Å². The van der Waals surface area contributed by atoms with E-state index in [2.05, 4.69) is 35.7 Å². The van der Waals surface area contributed by atoms with Gasteiger partial charge in [0.2, 0.25) is 11.9 Å². The van der Waals surface area contributed by atoms with Crippen molar-refractivity contribution in [2.24, 2.45) is 0 Å². The Bertz CT molecular complexity index is 950. The molecule has 0 aliphatic rings. The lowest BCUT2D eigenvalue weighted by atomic mass is 9.28. The first kappa shape index (κ1) is 19.2. The number of anilines is 1. The highest BCUT2D eigenvalue weighted by molar-refractivity contribution is 6.62. The van der Waals surface area contributed by atoms with Gasteiger partial charge in [-0.25, -0.2) is 4.98 Å². The number of amides is 1. The van der Waals surface area contributed by atoms with E-state index in [4.69, 9.17) is 43.0 Å². The van der Waals surface area contributed by atoms with Crippen LogP contribution >= 0.6 is 11.6 Å². The van der Waals surface area contributed by atoms with Gasteiger partial charge in [0.1, 0.15) is 5.15 Å². The van der Waals surface area contributed by atoms with Gasteiger partial charge in [0.25, 0.3) is 0 Å². The molecule has 0 aliphatic carbocycles. The van der Waals surface area contributed by atoms with E-state index < -0.39 is 16.3 Å². The number of pyridine rings is 1. The van der Waals surface area contributed by atoms with Crippen molar-refractivity contribution < 1.29 is 4.79 Å². The van der Waals surface area contributed by atoms with Gasteiger partial charge < -0.3 is 0 Å². The molecule has 3 heterocycles. The number of aromatic nitrogens is 6. The summed E-state index contributed by atoms with van der Waals surface area (Å²) < 4.78 is 0. The lowest BCUT2D eigenvalue weighted by Crippen LogP contribution is -2.50. The Kier molecular flexibility index (Phi) is 5.10. The van der Waals surface area contributed by atoms with Gasteiger partial charge in [-0.15, -0.1) is 5.10 Å². The first-order valence-corrected chi connectivity index (χ1v) is 7.88. The van der Waals surface area contributed by atoms with Crippen LogP contribution in [0.4, 0.5) is 5.95 Å². The number of nitrogens with zero attached hydrogens (tertiary/aromatic N) is 5. The van der Waals surface area contributed by atoms with Crippen LogP contribution in [0.5, 0.6) is 0 Å². The molecule has 3 aromatic rings. The van der Waals surface area contributed by atoms with Crippen molar-refractivity contribution in [1.82, 2.24) is 30.4 Å². The number of halogens is 1. The highest BCUT2D eigenvalue weighted by atomic mass is 35.5. The molecule has 124 valence electrons. The summed E-state index contributed by atoms with van der Waals surface area (Å²) in [5.74, 6) is -0.619. The SMILES string of the molecule is [B]C([B])(C(=O)Nc1n[nH]c(-c2ccnnc2)n1)C([B])([B])c1ccc(Cl)nc1. The number of aromatic amines is 1. The van der Waals surface area contributed by atoms with Crippen molar-refractivity contribution in [1.29, 1.82) is 0 Å². The molecule has 0 spiro atoms. The number of carbonyl (C=O) groups is 1. The molecule has 1 amide bonds. The molecule has 0 saturated carbocycles. The molecule has 8 nitrogen and oxygen atoms in total. The Morgan fingerprint density at radius 3 is 2.52 bits per heavy atom. The minimum absolute atomic E-state index is 0.0721. The molecule has 0 aliphatic heterocycles. The third kappa shape index (κ3) is 3.75. The van der Waals surface area contributed by atoms with E-state index in [1.165, 1.54) is 30.7 Å². The topological polar surface area (TPSA) is 109 Å². The van der Waals surface area contributed by atoms with Crippen LogP contribution in [-0.4, -0.2) is 67.7 Å². The first-order valence-electron chi connectivity index (χ1n) is 7.50. The first-order chi connectivity index (χ1) is 12.7. The van der Waals surface area contributed by atoms with Gasteiger partial charge in [0.15, 0.2) is 5.82 Å². The minimum Gasteiger partial charge on any atom is -0.294 e. The summed E-state index contributed by atoms with van der Waals surface area (Å²) in [6, 6.07) is 4.58. The van der Waals surface area contributed by atoms with E-state index in [1.54, 1.807) is 6.07 Å². The van der Waals surface area contributed by atoms with E-state index in [0.29, 0.717) is 11.4 Å². The maximum atomic E-state index is 12.6. The molecule has 3 rings (SSSR count). The Balaban J connectivity index is 1.80. The molecule has 0 unspecified atom stereocenters. The van der Waals surface area contributed by atoms with Crippen LogP contribution in [0.15, 0.2) is 36.8 Å². The van der Waals surface area contributed by atoms with Crippen molar-refractivity contribution >= 4 is 54.8 Å². The molecule has 3 aromatic heterocycles. The molecule has 2 N–H and O–H groups in total. The molecule has 0 atom stereocenters. The summed E-state index contributed by atoms with van der Waals surface area (Å²) in [4.78, 5) is 20.6. The summed E-state index contributed by atoms with van der Waals surface area (Å²) in [6.45, 7) is 0. The normalized spacial score (nSPS) is 11.9. The standard InChI is InChI=1S/C14H8B4ClN7O/c15-13(16,8-1-2-9(19)20-6-8)14(17,18)11(27)24-12-23-10(25-26-12)7-3-4-21-22-5-7/h1-6H,(H2,23,24,25,26,27). The molecule has 13 heteroatoms. The summed E-state index contributed by atoms with van der Waals surface area (Å²) in [7, 11) is 24.0. The van der Waals surface area contributed by atoms with E-state index >= 15 is 0 Å². The van der Waals surface area contributed by atoms with E-state index in [1.807, 2.05) is 0 Å². The van der Waals surface area contributed by atoms with Crippen molar-refractivity contribution in [3.05, 3.63) is 47.5 Å². The van der Waals surface area contributed by atoms with Crippen LogP contribution in [0.2, 0.25) is 10.4 Å². The highest BCUT2D eigenvalue weighted by Crippen LogP contribution is 2.38. The van der Waals surface area contributed by atoms with Gasteiger partial charge in [-0.2, -0.15) is 15.2 Å².